The second kappa shape index (κ2) is 11.7. The molecule has 0 amide bonds. The van der Waals surface area contributed by atoms with Crippen molar-refractivity contribution in [2.45, 2.75) is 39.0 Å². The van der Waals surface area contributed by atoms with E-state index < -0.39 is 4.92 Å². The lowest BCUT2D eigenvalue weighted by Crippen LogP contribution is -2.20. The van der Waals surface area contributed by atoms with Gasteiger partial charge in [-0.05, 0) is 74.7 Å². The van der Waals surface area contributed by atoms with Gasteiger partial charge >= 0.3 is 5.97 Å². The van der Waals surface area contributed by atoms with E-state index in [0.29, 0.717) is 27.0 Å². The van der Waals surface area contributed by atoms with Gasteiger partial charge in [0.05, 0.1) is 28.8 Å². The van der Waals surface area contributed by atoms with E-state index in [0.717, 1.165) is 42.5 Å². The Morgan fingerprint density at radius 2 is 1.86 bits per heavy atom. The molecule has 1 heterocycles. The van der Waals surface area contributed by atoms with Crippen molar-refractivity contribution in [3.8, 4) is 11.5 Å². The largest absolute Gasteiger partial charge is 0.462 e. The number of nitro groups is 1. The molecule has 8 nitrogen and oxygen atoms in total. The lowest BCUT2D eigenvalue weighted by molar-refractivity contribution is -0.384. The molecular weight excluding hydrogens is 522 g/mol. The summed E-state index contributed by atoms with van der Waals surface area (Å²) in [6.45, 7) is 2.05. The zero-order chi connectivity index (χ0) is 25.7. The molecule has 2 N–H and O–H groups in total. The van der Waals surface area contributed by atoms with E-state index in [9.17, 15) is 14.9 Å². The van der Waals surface area contributed by atoms with Crippen LogP contribution >= 0.6 is 35.2 Å². The summed E-state index contributed by atoms with van der Waals surface area (Å²) >= 11 is 12.9. The van der Waals surface area contributed by atoms with Crippen molar-refractivity contribution >= 4 is 62.6 Å². The Hall–Kier alpha value is -3.21. The van der Waals surface area contributed by atoms with Crippen LogP contribution in [0.25, 0.3) is 0 Å². The molecule has 1 aromatic heterocycles. The summed E-state index contributed by atoms with van der Waals surface area (Å²) in [6.07, 6.45) is 4.94. The van der Waals surface area contributed by atoms with Gasteiger partial charge in [0.2, 0.25) is 0 Å². The molecule has 2 aromatic carbocycles. The van der Waals surface area contributed by atoms with Crippen LogP contribution in [0.4, 0.5) is 16.4 Å². The Morgan fingerprint density at radius 3 is 2.58 bits per heavy atom. The Bertz CT molecular complexity index is 1290. The van der Waals surface area contributed by atoms with Crippen LogP contribution in [0.1, 0.15) is 47.0 Å². The second-order valence-corrected chi connectivity index (χ2v) is 10.0. The Morgan fingerprint density at radius 1 is 1.11 bits per heavy atom. The molecule has 188 valence electrons. The number of benzene rings is 2. The number of carbonyl (C=O) groups is 1. The maximum Gasteiger partial charge on any atom is 0.341 e. The van der Waals surface area contributed by atoms with Gasteiger partial charge in [-0.3, -0.25) is 10.1 Å². The lowest BCUT2D eigenvalue weighted by Gasteiger charge is -2.13. The van der Waals surface area contributed by atoms with E-state index in [1.807, 2.05) is 0 Å². The first kappa shape index (κ1) is 25.9. The molecule has 1 aliphatic rings. The van der Waals surface area contributed by atoms with Gasteiger partial charge in [0.25, 0.3) is 5.69 Å². The van der Waals surface area contributed by atoms with Crippen molar-refractivity contribution in [1.82, 2.24) is 0 Å². The summed E-state index contributed by atoms with van der Waals surface area (Å²) in [4.78, 5) is 25.0. The van der Waals surface area contributed by atoms with Gasteiger partial charge in [0, 0.05) is 22.0 Å². The Kier molecular flexibility index (Phi) is 8.40. The number of halogens is 1. The first-order chi connectivity index (χ1) is 17.3. The van der Waals surface area contributed by atoms with Crippen molar-refractivity contribution in [1.29, 1.82) is 0 Å². The van der Waals surface area contributed by atoms with Crippen LogP contribution in [-0.2, 0) is 17.6 Å². The quantitative estimate of drug-likeness (QED) is 0.104. The minimum absolute atomic E-state index is 0.165. The minimum atomic E-state index is -0.508. The second-order valence-electron chi connectivity index (χ2n) is 8.10. The van der Waals surface area contributed by atoms with Gasteiger partial charge in [-0.15, -0.1) is 11.3 Å². The van der Waals surface area contributed by atoms with E-state index in [2.05, 4.69) is 10.6 Å². The molecule has 0 fully saturated rings. The number of nitrogens with zero attached hydrogens (tertiary/aromatic N) is 1. The van der Waals surface area contributed by atoms with E-state index in [1.165, 1.54) is 23.5 Å². The average Bonchev–Trinajstić information content (AvgIpc) is 3.00. The molecular formula is C25H24ClN3O5S2. The number of hydrogen-bond acceptors (Lipinski definition) is 7. The molecule has 0 bridgehead atoms. The van der Waals surface area contributed by atoms with Crippen LogP contribution in [0.2, 0.25) is 5.02 Å². The van der Waals surface area contributed by atoms with Crippen molar-refractivity contribution < 1.29 is 19.2 Å². The zero-order valence-corrected chi connectivity index (χ0v) is 21.9. The standard InChI is InChI=1S/C25H24ClN3O5S2/c1-2-33-24(30)22-20-6-4-3-5-7-21(20)36-23(22)28-25(35)27-16-12-17(29(31)32)14-19(13-16)34-18-10-8-15(26)9-11-18/h8-14H,2-7H2,1H3,(H2,27,28,35). The molecule has 0 aliphatic heterocycles. The number of thiophene rings is 1. The molecule has 0 radical (unpaired) electrons. The number of esters is 1. The third kappa shape index (κ3) is 6.31. The highest BCUT2D eigenvalue weighted by molar-refractivity contribution is 7.80. The van der Waals surface area contributed by atoms with Crippen LogP contribution in [-0.4, -0.2) is 22.6 Å². The molecule has 0 saturated carbocycles. The van der Waals surface area contributed by atoms with Gasteiger partial charge in [0.1, 0.15) is 16.5 Å². The zero-order valence-electron chi connectivity index (χ0n) is 19.5. The number of nitro benzene ring substituents is 1. The predicted octanol–water partition coefficient (Wildman–Crippen LogP) is 7.36. The third-order valence-electron chi connectivity index (χ3n) is 5.54. The summed E-state index contributed by atoms with van der Waals surface area (Å²) in [6, 6.07) is 10.9. The molecule has 0 saturated heterocycles. The first-order valence-electron chi connectivity index (χ1n) is 11.5. The van der Waals surface area contributed by atoms with E-state index in [4.69, 9.17) is 33.3 Å². The smallest absolute Gasteiger partial charge is 0.341 e. The van der Waals surface area contributed by atoms with Crippen molar-refractivity contribution in [2.75, 3.05) is 17.2 Å². The Balaban J connectivity index is 1.57. The van der Waals surface area contributed by atoms with E-state index in [1.54, 1.807) is 37.3 Å². The maximum atomic E-state index is 12.8. The molecule has 11 heteroatoms. The molecule has 3 aromatic rings. The molecule has 4 rings (SSSR count). The minimum Gasteiger partial charge on any atom is -0.462 e. The number of nitrogens with one attached hydrogen (secondary N) is 2. The van der Waals surface area contributed by atoms with Crippen molar-refractivity contribution in [2.24, 2.45) is 0 Å². The van der Waals surface area contributed by atoms with Gasteiger partial charge in [-0.1, -0.05) is 18.0 Å². The van der Waals surface area contributed by atoms with Crippen LogP contribution in [0.3, 0.4) is 0 Å². The number of anilines is 2. The number of hydrogen-bond donors (Lipinski definition) is 2. The van der Waals surface area contributed by atoms with Crippen molar-refractivity contribution in [3.63, 3.8) is 0 Å². The monoisotopic (exact) mass is 545 g/mol. The number of thiocarbonyl (C=S) groups is 1. The highest BCUT2D eigenvalue weighted by Crippen LogP contribution is 2.38. The highest BCUT2D eigenvalue weighted by Gasteiger charge is 2.26. The topological polar surface area (TPSA) is 103 Å². The summed E-state index contributed by atoms with van der Waals surface area (Å²) in [7, 11) is 0. The third-order valence-corrected chi connectivity index (χ3v) is 7.20. The van der Waals surface area contributed by atoms with Crippen LogP contribution in [0, 0.1) is 10.1 Å². The van der Waals surface area contributed by atoms with E-state index in [-0.39, 0.29) is 29.1 Å². The SMILES string of the molecule is CCOC(=O)c1c(NC(=S)Nc2cc(Oc3ccc(Cl)cc3)cc([N+](=O)[O-])c2)sc2c1CCCCC2. The van der Waals surface area contributed by atoms with Crippen LogP contribution in [0.15, 0.2) is 42.5 Å². The lowest BCUT2D eigenvalue weighted by atomic mass is 10.1. The van der Waals surface area contributed by atoms with Crippen LogP contribution < -0.4 is 15.4 Å². The number of aryl methyl sites for hydroxylation is 1. The number of ether oxygens (including phenoxy) is 2. The maximum absolute atomic E-state index is 12.8. The molecule has 0 unspecified atom stereocenters. The molecule has 0 spiro atoms. The number of carbonyl (C=O) groups excluding carboxylic acids is 1. The first-order valence-corrected chi connectivity index (χ1v) is 13.1. The highest BCUT2D eigenvalue weighted by atomic mass is 35.5. The summed E-state index contributed by atoms with van der Waals surface area (Å²) in [5.74, 6) is 0.355. The van der Waals surface area contributed by atoms with Gasteiger partial charge in [-0.25, -0.2) is 4.79 Å². The summed E-state index contributed by atoms with van der Waals surface area (Å²) in [5, 5.41) is 19.0. The number of non-ortho nitro benzene ring substituents is 1. The predicted molar refractivity (Wildman–Crippen MR) is 146 cm³/mol. The van der Waals surface area contributed by atoms with Gasteiger partial charge in [-0.2, -0.15) is 0 Å². The normalized spacial score (nSPS) is 12.7. The van der Waals surface area contributed by atoms with Crippen LogP contribution in [0.5, 0.6) is 11.5 Å². The number of fused-ring (bicyclic) bond motifs is 1. The fraction of sp³-hybridized carbons (Fsp3) is 0.280. The Labute approximate surface area is 222 Å². The fourth-order valence-electron chi connectivity index (χ4n) is 3.97. The average molecular weight is 546 g/mol. The summed E-state index contributed by atoms with van der Waals surface area (Å²) in [5.41, 5.74) is 1.74. The van der Waals surface area contributed by atoms with Gasteiger partial charge < -0.3 is 20.1 Å². The van der Waals surface area contributed by atoms with Crippen molar-refractivity contribution in [3.05, 3.63) is 73.6 Å². The number of rotatable bonds is 7. The molecule has 0 atom stereocenters. The molecule has 36 heavy (non-hydrogen) atoms. The molecule has 1 aliphatic carbocycles. The van der Waals surface area contributed by atoms with Gasteiger partial charge in [0.15, 0.2) is 5.11 Å². The fourth-order valence-corrected chi connectivity index (χ4v) is 5.67. The van der Waals surface area contributed by atoms with E-state index >= 15 is 0 Å². The summed E-state index contributed by atoms with van der Waals surface area (Å²) < 4.78 is 11.1.